The van der Waals surface area contributed by atoms with Crippen LogP contribution >= 0.6 is 11.8 Å². The number of hydrogen-bond donors (Lipinski definition) is 1. The molecule has 0 saturated carbocycles. The van der Waals surface area contributed by atoms with Crippen molar-refractivity contribution < 1.29 is 0 Å². The zero-order chi connectivity index (χ0) is 20.0. The van der Waals surface area contributed by atoms with Crippen LogP contribution in [0.1, 0.15) is 31.9 Å². The van der Waals surface area contributed by atoms with E-state index < -0.39 is 0 Å². The number of thioether (sulfide) groups is 1. The smallest absolute Gasteiger partial charge is 0.214 e. The molecule has 144 valence electrons. The van der Waals surface area contributed by atoms with Crippen LogP contribution in [0.3, 0.4) is 0 Å². The SMILES string of the molecule is CC(C)(C)c1ccc(-c2nnc3n2NC(c2ccc4ccccc4c2)=CS3)cc1. The molecule has 0 aliphatic carbocycles. The van der Waals surface area contributed by atoms with Gasteiger partial charge >= 0.3 is 0 Å². The number of hydrogen-bond acceptors (Lipinski definition) is 4. The molecule has 4 nitrogen and oxygen atoms in total. The Balaban J connectivity index is 1.48. The minimum Gasteiger partial charge on any atom is -0.289 e. The van der Waals surface area contributed by atoms with Crippen LogP contribution in [-0.4, -0.2) is 14.9 Å². The first-order valence-corrected chi connectivity index (χ1v) is 10.6. The van der Waals surface area contributed by atoms with Crippen molar-refractivity contribution in [3.8, 4) is 11.4 Å². The molecular formula is C24H22N4S. The molecule has 4 aromatic rings. The highest BCUT2D eigenvalue weighted by Gasteiger charge is 2.20. The monoisotopic (exact) mass is 398 g/mol. The quantitative estimate of drug-likeness (QED) is 0.447. The summed E-state index contributed by atoms with van der Waals surface area (Å²) in [5, 5.41) is 14.2. The van der Waals surface area contributed by atoms with Gasteiger partial charge in [0.1, 0.15) is 0 Å². The Hall–Kier alpha value is -3.05. The predicted molar refractivity (Wildman–Crippen MR) is 121 cm³/mol. The van der Waals surface area contributed by atoms with E-state index in [-0.39, 0.29) is 5.41 Å². The number of rotatable bonds is 2. The molecule has 0 unspecified atom stereocenters. The van der Waals surface area contributed by atoms with Crippen LogP contribution in [0.25, 0.3) is 27.9 Å². The van der Waals surface area contributed by atoms with E-state index in [4.69, 9.17) is 0 Å². The second kappa shape index (κ2) is 6.78. The normalized spacial score (nSPS) is 13.7. The van der Waals surface area contributed by atoms with Gasteiger partial charge in [-0.2, -0.15) is 0 Å². The van der Waals surface area contributed by atoms with Gasteiger partial charge in [-0.15, -0.1) is 10.2 Å². The Kier molecular flexibility index (Phi) is 4.21. The minimum atomic E-state index is 0.128. The number of benzene rings is 3. The van der Waals surface area contributed by atoms with Crippen molar-refractivity contribution in [2.75, 3.05) is 5.43 Å². The van der Waals surface area contributed by atoms with Gasteiger partial charge in [-0.3, -0.25) is 5.43 Å². The number of fused-ring (bicyclic) bond motifs is 2. The van der Waals surface area contributed by atoms with Crippen LogP contribution < -0.4 is 5.43 Å². The van der Waals surface area contributed by atoms with Crippen LogP contribution in [0.15, 0.2) is 77.3 Å². The first-order chi connectivity index (χ1) is 14.0. The molecule has 5 heteroatoms. The molecule has 0 fully saturated rings. The van der Waals surface area contributed by atoms with Gasteiger partial charge in [0.2, 0.25) is 5.16 Å². The van der Waals surface area contributed by atoms with Crippen molar-refractivity contribution in [2.45, 2.75) is 31.3 Å². The van der Waals surface area contributed by atoms with E-state index in [0.717, 1.165) is 27.8 Å². The zero-order valence-corrected chi connectivity index (χ0v) is 17.5. The van der Waals surface area contributed by atoms with Gasteiger partial charge in [0.25, 0.3) is 0 Å². The molecule has 0 bridgehead atoms. The Morgan fingerprint density at radius 2 is 1.55 bits per heavy atom. The van der Waals surface area contributed by atoms with Gasteiger partial charge in [0.15, 0.2) is 5.82 Å². The molecule has 5 rings (SSSR count). The summed E-state index contributed by atoms with van der Waals surface area (Å²) in [6.07, 6.45) is 0. The van der Waals surface area contributed by atoms with Crippen LogP contribution in [0.2, 0.25) is 0 Å². The van der Waals surface area contributed by atoms with Crippen LogP contribution in [0.4, 0.5) is 0 Å². The van der Waals surface area contributed by atoms with Gasteiger partial charge < -0.3 is 0 Å². The molecule has 1 aromatic heterocycles. The second-order valence-corrected chi connectivity index (χ2v) is 9.13. The number of nitrogens with zero attached hydrogens (tertiary/aromatic N) is 3. The van der Waals surface area contributed by atoms with Crippen molar-refractivity contribution in [2.24, 2.45) is 0 Å². The zero-order valence-electron chi connectivity index (χ0n) is 16.7. The fraction of sp³-hybridized carbons (Fsp3) is 0.167. The topological polar surface area (TPSA) is 42.7 Å². The third-order valence-electron chi connectivity index (χ3n) is 5.22. The molecule has 2 heterocycles. The second-order valence-electron chi connectivity index (χ2n) is 8.29. The average molecular weight is 399 g/mol. The fourth-order valence-corrected chi connectivity index (χ4v) is 4.24. The van der Waals surface area contributed by atoms with Gasteiger partial charge in [0, 0.05) is 16.5 Å². The summed E-state index contributed by atoms with van der Waals surface area (Å²) in [6, 6.07) is 23.5. The van der Waals surface area contributed by atoms with E-state index in [2.05, 4.69) is 109 Å². The van der Waals surface area contributed by atoms with Crippen LogP contribution in [-0.2, 0) is 5.41 Å². The summed E-state index contributed by atoms with van der Waals surface area (Å²) in [4.78, 5) is 0. The van der Waals surface area contributed by atoms with Crippen molar-refractivity contribution in [3.63, 3.8) is 0 Å². The highest BCUT2D eigenvalue weighted by molar-refractivity contribution is 8.02. The first kappa shape index (κ1) is 18.0. The fourth-order valence-electron chi connectivity index (χ4n) is 3.50. The van der Waals surface area contributed by atoms with Crippen molar-refractivity contribution in [1.82, 2.24) is 14.9 Å². The standard InChI is InChI=1S/C24H22N4S/c1-24(2,3)20-12-10-17(11-13-20)22-25-26-23-28(22)27-21(15-29-23)19-9-8-16-6-4-5-7-18(16)14-19/h4-15,27H,1-3H3. The minimum absolute atomic E-state index is 0.128. The highest BCUT2D eigenvalue weighted by Crippen LogP contribution is 2.33. The van der Waals surface area contributed by atoms with E-state index in [1.165, 1.54) is 16.3 Å². The largest absolute Gasteiger partial charge is 0.289 e. The maximum Gasteiger partial charge on any atom is 0.214 e. The van der Waals surface area contributed by atoms with Crippen molar-refractivity contribution >= 4 is 28.2 Å². The van der Waals surface area contributed by atoms with E-state index in [9.17, 15) is 0 Å². The third kappa shape index (κ3) is 3.32. The summed E-state index contributed by atoms with van der Waals surface area (Å²) < 4.78 is 1.97. The molecule has 3 aromatic carbocycles. The molecule has 0 radical (unpaired) electrons. The molecule has 1 aliphatic rings. The Bertz CT molecular complexity index is 1230. The van der Waals surface area contributed by atoms with Crippen LogP contribution in [0.5, 0.6) is 0 Å². The van der Waals surface area contributed by atoms with Gasteiger partial charge in [-0.05, 0) is 27.8 Å². The molecule has 1 aliphatic heterocycles. The Morgan fingerprint density at radius 3 is 2.31 bits per heavy atom. The van der Waals surface area contributed by atoms with Crippen molar-refractivity contribution in [1.29, 1.82) is 0 Å². The third-order valence-corrected chi connectivity index (χ3v) is 6.05. The number of nitrogens with one attached hydrogen (secondary N) is 1. The van der Waals surface area contributed by atoms with E-state index >= 15 is 0 Å². The van der Waals surface area contributed by atoms with E-state index in [0.29, 0.717) is 0 Å². The first-order valence-electron chi connectivity index (χ1n) is 9.68. The van der Waals surface area contributed by atoms with Gasteiger partial charge in [-0.25, -0.2) is 4.68 Å². The summed E-state index contributed by atoms with van der Waals surface area (Å²) in [5.74, 6) is 0.819. The summed E-state index contributed by atoms with van der Waals surface area (Å²) >= 11 is 1.58. The highest BCUT2D eigenvalue weighted by atomic mass is 32.2. The lowest BCUT2D eigenvalue weighted by atomic mass is 9.87. The van der Waals surface area contributed by atoms with E-state index in [1.807, 2.05) is 4.68 Å². The molecular weight excluding hydrogens is 376 g/mol. The van der Waals surface area contributed by atoms with Crippen LogP contribution in [0, 0.1) is 0 Å². The predicted octanol–water partition coefficient (Wildman–Crippen LogP) is 6.04. The Morgan fingerprint density at radius 1 is 0.828 bits per heavy atom. The summed E-state index contributed by atoms with van der Waals surface area (Å²) in [6.45, 7) is 6.67. The molecule has 0 spiro atoms. The lowest BCUT2D eigenvalue weighted by Crippen LogP contribution is -2.18. The average Bonchev–Trinajstić information content (AvgIpc) is 3.16. The maximum absolute atomic E-state index is 4.43. The molecule has 0 saturated heterocycles. The maximum atomic E-state index is 4.43. The lowest BCUT2D eigenvalue weighted by molar-refractivity contribution is 0.590. The van der Waals surface area contributed by atoms with Gasteiger partial charge in [0.05, 0.1) is 5.70 Å². The lowest BCUT2D eigenvalue weighted by Gasteiger charge is -2.21. The van der Waals surface area contributed by atoms with E-state index in [1.54, 1.807) is 11.8 Å². The van der Waals surface area contributed by atoms with Crippen molar-refractivity contribution in [3.05, 3.63) is 83.3 Å². The molecule has 1 N–H and O–H groups in total. The number of aromatic nitrogens is 3. The van der Waals surface area contributed by atoms with Gasteiger partial charge in [-0.1, -0.05) is 93.2 Å². The molecule has 0 atom stereocenters. The summed E-state index contributed by atoms with van der Waals surface area (Å²) in [7, 11) is 0. The molecule has 0 amide bonds. The Labute approximate surface area is 174 Å². The molecule has 29 heavy (non-hydrogen) atoms. The summed E-state index contributed by atoms with van der Waals surface area (Å²) in [5.41, 5.74) is 8.17.